The van der Waals surface area contributed by atoms with E-state index < -0.39 is 71.7 Å². The van der Waals surface area contributed by atoms with E-state index in [1.165, 1.54) is 0 Å². The fraction of sp³-hybridized carbons (Fsp3) is 0.363. The normalized spacial score (nSPS) is 17.3. The van der Waals surface area contributed by atoms with Gasteiger partial charge in [0.2, 0.25) is 0 Å². The van der Waals surface area contributed by atoms with E-state index in [0.717, 1.165) is 123 Å². The van der Waals surface area contributed by atoms with Gasteiger partial charge in [-0.3, -0.25) is 71.9 Å². The number of alkyl halides is 11. The van der Waals surface area contributed by atoms with Crippen molar-refractivity contribution in [2.45, 2.75) is 127 Å². The van der Waals surface area contributed by atoms with Crippen LogP contribution in [0.5, 0.6) is 0 Å². The largest absolute Gasteiger partial charge is 0.393 e. The van der Waals surface area contributed by atoms with Crippen LogP contribution in [-0.4, -0.2) is 224 Å². The summed E-state index contributed by atoms with van der Waals surface area (Å²) in [6.45, 7) is 6.49. The molecule has 10 aromatic heterocycles. The molecule has 15 heterocycles. The number of carbonyl (C=O) groups is 5. The Bertz CT molecular complexity index is 7220. The summed E-state index contributed by atoms with van der Waals surface area (Å²) in [5.41, 5.74) is 44.4. The first-order valence-electron chi connectivity index (χ1n) is 46.8. The maximum Gasteiger partial charge on any atom is 0.393 e. The first-order chi connectivity index (χ1) is 68.0. The van der Waals surface area contributed by atoms with Gasteiger partial charge in [-0.25, -0.2) is 46.9 Å². The molecule has 0 bridgehead atoms. The van der Waals surface area contributed by atoms with Crippen LogP contribution in [0.15, 0.2) is 183 Å². The van der Waals surface area contributed by atoms with Crippen molar-refractivity contribution in [1.82, 2.24) is 98.3 Å². The molecule has 5 fully saturated rings. The number of halogens is 11. The number of primary amides is 5. The predicted octanol–water partition coefficient (Wildman–Crippen LogP) is 15.6. The number of benzene rings is 5. The van der Waals surface area contributed by atoms with Crippen LogP contribution in [0, 0.1) is 11.8 Å². The zero-order valence-corrected chi connectivity index (χ0v) is 79.3. The van der Waals surface area contributed by atoms with Crippen LogP contribution in [0.1, 0.15) is 144 Å². The fourth-order valence-electron chi connectivity index (χ4n) is 19.0. The second-order valence-corrected chi connectivity index (χ2v) is 37.4. The zero-order chi connectivity index (χ0) is 102. The molecule has 143 heavy (non-hydrogen) atoms. The predicted molar refractivity (Wildman–Crippen MR) is 519 cm³/mol. The lowest BCUT2D eigenvalue weighted by atomic mass is 9.95. The van der Waals surface area contributed by atoms with Crippen molar-refractivity contribution in [3.05, 3.63) is 240 Å². The van der Waals surface area contributed by atoms with Gasteiger partial charge in [-0.15, -0.1) is 0 Å². The Morgan fingerprint density at radius 2 is 0.594 bits per heavy atom. The number of fused-ring (bicyclic) bond motifs is 5. The maximum absolute atomic E-state index is 13.7. The summed E-state index contributed by atoms with van der Waals surface area (Å²) in [5, 5.41) is 25.3. The third kappa shape index (κ3) is 25.4. The molecule has 15 aromatic rings. The van der Waals surface area contributed by atoms with Crippen LogP contribution in [0.3, 0.4) is 0 Å². The molecule has 2 atom stereocenters. The quantitative estimate of drug-likeness (QED) is 0.0442. The number of amides is 5. The van der Waals surface area contributed by atoms with Crippen molar-refractivity contribution in [3.8, 4) is 55.6 Å². The molecule has 5 amide bonds. The first kappa shape index (κ1) is 102. The van der Waals surface area contributed by atoms with Gasteiger partial charge in [0, 0.05) is 199 Å². The number of pyridine rings is 5. The van der Waals surface area contributed by atoms with E-state index in [4.69, 9.17) is 28.7 Å². The lowest BCUT2D eigenvalue weighted by Crippen LogP contribution is -2.41. The van der Waals surface area contributed by atoms with Gasteiger partial charge >= 0.3 is 12.4 Å². The smallest absolute Gasteiger partial charge is 0.364 e. The lowest BCUT2D eigenvalue weighted by Gasteiger charge is -2.33. The highest BCUT2D eigenvalue weighted by atomic mass is 19.4. The van der Waals surface area contributed by atoms with E-state index >= 15 is 0 Å². The Balaban J connectivity index is 0.000000128. The van der Waals surface area contributed by atoms with Crippen molar-refractivity contribution in [2.75, 3.05) is 65.4 Å². The minimum atomic E-state index is -4.17. The molecule has 5 aliphatic heterocycles. The number of nitrogens with zero attached hydrogens (tertiary/aromatic N) is 20. The molecular formula is C102H108F11N25O5. The van der Waals surface area contributed by atoms with E-state index in [1.54, 1.807) is 96.7 Å². The van der Waals surface area contributed by atoms with Crippen LogP contribution < -0.4 is 28.7 Å². The summed E-state index contributed by atoms with van der Waals surface area (Å²) in [5.74, 6) is -10.8. The summed E-state index contributed by atoms with van der Waals surface area (Å²) in [4.78, 5) is 90.6. The summed E-state index contributed by atoms with van der Waals surface area (Å²) < 4.78 is 154. The van der Waals surface area contributed by atoms with Crippen molar-refractivity contribution >= 4 is 84.1 Å². The van der Waals surface area contributed by atoms with Gasteiger partial charge in [-0.1, -0.05) is 60.7 Å². The highest BCUT2D eigenvalue weighted by molar-refractivity contribution is 6.05. The number of hydrogen-bond acceptors (Lipinski definition) is 20. The van der Waals surface area contributed by atoms with Crippen LogP contribution in [0.2, 0.25) is 0 Å². The number of likely N-dealkylation sites (tertiary alicyclic amines) is 5. The number of carbonyl (C=O) groups excluding carboxylic acids is 5. The number of aryl methyl sites for hydroxylation is 5. The van der Waals surface area contributed by atoms with Gasteiger partial charge in [-0.2, -0.15) is 51.8 Å². The monoisotopic (exact) mass is 1970 g/mol. The third-order valence-electron chi connectivity index (χ3n) is 26.3. The second-order valence-electron chi connectivity index (χ2n) is 37.4. The molecule has 0 aliphatic carbocycles. The SMILES string of the molecule is Cn1cc(-c2cc(C(N)=O)nc3cc(CN4CCC(C(F)(F)F)CC4)ccc23)cn1.Cn1cc(-c2cc(C(N)=O)nc3cc(CN4CCC(F)(F)CC4)ccc23)cn1.Cn1cc(-c2cc(C(N)=O)nc3cc(CN4CCCC(C(F)(F)F)C4)ccc23)cn1.Cn1cc(-c2cc(C(N)=O)nc3cc(CN4CCCC(F)(F)C4)ccc23)cn1.Cn1cc(-c2cc(C(N)=O)nc3cc(CN4CCCC(F)C4)ccc23)cn1. The number of rotatable bonds is 20. The molecule has 20 rings (SSSR count). The number of nitrogens with two attached hydrogens (primary N) is 5. The molecule has 0 spiro atoms. The molecule has 5 aliphatic rings. The second kappa shape index (κ2) is 42.8. The maximum atomic E-state index is 13.7. The van der Waals surface area contributed by atoms with Crippen molar-refractivity contribution < 1.29 is 72.3 Å². The van der Waals surface area contributed by atoms with Gasteiger partial charge in [0.25, 0.3) is 41.4 Å². The fourth-order valence-corrected chi connectivity index (χ4v) is 19.0. The number of piperidine rings is 5. The van der Waals surface area contributed by atoms with Crippen LogP contribution >= 0.6 is 0 Å². The van der Waals surface area contributed by atoms with Gasteiger partial charge in [-0.05, 0) is 194 Å². The Morgan fingerprint density at radius 3 is 0.867 bits per heavy atom. The molecular weight excluding hydrogens is 1860 g/mol. The van der Waals surface area contributed by atoms with Crippen LogP contribution in [0.4, 0.5) is 48.3 Å². The van der Waals surface area contributed by atoms with Gasteiger partial charge in [0.1, 0.15) is 34.6 Å². The molecule has 0 radical (unpaired) electrons. The lowest BCUT2D eigenvalue weighted by molar-refractivity contribution is -0.187. The van der Waals surface area contributed by atoms with Crippen molar-refractivity contribution in [2.24, 2.45) is 75.7 Å². The van der Waals surface area contributed by atoms with Gasteiger partial charge < -0.3 is 28.7 Å². The van der Waals surface area contributed by atoms with E-state index in [9.17, 15) is 72.3 Å². The standard InChI is InChI=1S/2C21H22F3N5O.2C20H21F2N5O.C20H22FN5O/c1-28-12-14(10-26-28)17-9-19(20(25)30)27-18-8-13(2-3-16(17)18)11-29-6-4-15(5-7-29)21(22,23)24;1-28-11-14(9-26-28)17-8-19(20(25)30)27-18-7-13(4-5-16(17)18)10-29-6-2-3-15(12-29)21(22,23)24;1-26-11-14(9-24-26)16-8-18(19(23)28)25-17-7-13(3-4-15(16)17)10-27-6-2-5-20(21,22)12-27;1-26-12-14(10-24-26)16-9-18(19(23)28)25-17-8-13(2-3-15(16)17)11-27-6-4-20(21,22)5-7-27;1-25-11-14(9-23-25)17-8-19(20(22)27)24-18-7-13(4-5-16(17)18)10-26-6-2-3-15(21)12-26/h2-3,8-10,12,15H,4-7,11H2,1H3,(H2,25,30);4-5,7-9,11,15H,2-3,6,10,12H2,1H3,(H2,25,30);3-4,7-9,11H,2,5-6,10,12H2,1H3,(H2,23,28);2-3,8-10,12H,4-7,11H2,1H3,(H2,23,28);4-5,7-9,11,15H,2-3,6,10,12H2,1H3,(H2,22,27). The molecule has 5 aromatic carbocycles. The Morgan fingerprint density at radius 1 is 0.322 bits per heavy atom. The number of aromatic nitrogens is 15. The summed E-state index contributed by atoms with van der Waals surface area (Å²) in [6, 6.07) is 37.2. The minimum Gasteiger partial charge on any atom is -0.364 e. The Hall–Kier alpha value is -14.4. The zero-order valence-electron chi connectivity index (χ0n) is 79.3. The molecule has 748 valence electrons. The molecule has 10 N–H and O–H groups in total. The Labute approximate surface area is 814 Å². The Kier molecular flexibility index (Phi) is 30.4. The van der Waals surface area contributed by atoms with E-state index in [1.807, 2.05) is 165 Å². The van der Waals surface area contributed by atoms with E-state index in [2.05, 4.69) is 55.3 Å². The number of hydrogen-bond donors (Lipinski definition) is 5. The van der Waals surface area contributed by atoms with E-state index in [-0.39, 0.29) is 80.1 Å². The third-order valence-corrected chi connectivity index (χ3v) is 26.3. The van der Waals surface area contributed by atoms with Crippen LogP contribution in [0.25, 0.3) is 110 Å². The molecule has 2 unspecified atom stereocenters. The van der Waals surface area contributed by atoms with Crippen molar-refractivity contribution in [1.29, 1.82) is 0 Å². The summed E-state index contributed by atoms with van der Waals surface area (Å²) in [7, 11) is 9.09. The summed E-state index contributed by atoms with van der Waals surface area (Å²) >= 11 is 0. The van der Waals surface area contributed by atoms with Gasteiger partial charge in [0.15, 0.2) is 0 Å². The minimum absolute atomic E-state index is 0.00275. The topological polar surface area (TPSA) is 385 Å². The molecule has 41 heteroatoms. The van der Waals surface area contributed by atoms with Gasteiger partial charge in [0.05, 0.1) is 76.9 Å². The average molecular weight is 1970 g/mol. The highest BCUT2D eigenvalue weighted by Gasteiger charge is 2.44. The molecule has 5 saturated heterocycles. The molecule has 30 nitrogen and oxygen atoms in total. The first-order valence-corrected chi connectivity index (χ1v) is 46.8. The summed E-state index contributed by atoms with van der Waals surface area (Å²) in [6.07, 6.45) is 11.5. The van der Waals surface area contributed by atoms with Crippen LogP contribution in [-0.2, 0) is 68.0 Å². The molecule has 0 saturated carbocycles. The van der Waals surface area contributed by atoms with E-state index in [0.29, 0.717) is 125 Å². The average Bonchev–Trinajstić information content (AvgIpc) is 1.78. The van der Waals surface area contributed by atoms with Crippen molar-refractivity contribution in [3.63, 3.8) is 0 Å². The highest BCUT2D eigenvalue weighted by Crippen LogP contribution is 2.41.